The van der Waals surface area contributed by atoms with Gasteiger partial charge in [-0.15, -0.1) is 0 Å². The fourth-order valence-electron chi connectivity index (χ4n) is 3.58. The van der Waals surface area contributed by atoms with E-state index >= 15 is 0 Å². The monoisotopic (exact) mass is 399 g/mol. The minimum absolute atomic E-state index is 0.0561. The zero-order chi connectivity index (χ0) is 21.1. The lowest BCUT2D eigenvalue weighted by Gasteiger charge is -2.25. The van der Waals surface area contributed by atoms with Crippen molar-refractivity contribution in [1.82, 2.24) is 0 Å². The zero-order valence-electron chi connectivity index (χ0n) is 16.4. The first-order valence-corrected chi connectivity index (χ1v) is 9.68. The molecule has 150 valence electrons. The van der Waals surface area contributed by atoms with Gasteiger partial charge in [-0.1, -0.05) is 42.5 Å². The summed E-state index contributed by atoms with van der Waals surface area (Å²) in [4.78, 5) is 37.9. The van der Waals surface area contributed by atoms with Crippen molar-refractivity contribution in [3.8, 4) is 0 Å². The predicted octanol–water partition coefficient (Wildman–Crippen LogP) is 4.31. The normalized spacial score (nSPS) is 15.0. The molecule has 0 spiro atoms. The minimum Gasteiger partial charge on any atom is -0.326 e. The van der Waals surface area contributed by atoms with Crippen LogP contribution in [0, 0.1) is 6.92 Å². The van der Waals surface area contributed by atoms with Gasteiger partial charge in [-0.3, -0.25) is 14.4 Å². The topological polar surface area (TPSA) is 87.3 Å². The summed E-state index contributed by atoms with van der Waals surface area (Å²) in [6.07, 6.45) is 0.0561. The van der Waals surface area contributed by atoms with Gasteiger partial charge in [-0.2, -0.15) is 0 Å². The molecule has 6 heteroatoms. The molecule has 0 radical (unpaired) electrons. The molecule has 3 N–H and O–H groups in total. The van der Waals surface area contributed by atoms with Gasteiger partial charge in [-0.05, 0) is 48.4 Å². The number of aryl methyl sites for hydroxylation is 1. The van der Waals surface area contributed by atoms with Crippen LogP contribution in [0.4, 0.5) is 17.1 Å². The maximum atomic E-state index is 13.0. The minimum atomic E-state index is -0.622. The van der Waals surface area contributed by atoms with E-state index in [4.69, 9.17) is 0 Å². The van der Waals surface area contributed by atoms with E-state index in [2.05, 4.69) is 16.0 Å². The summed E-state index contributed by atoms with van der Waals surface area (Å²) in [6, 6.07) is 21.6. The maximum absolute atomic E-state index is 13.0. The lowest BCUT2D eigenvalue weighted by Crippen LogP contribution is -2.31. The van der Waals surface area contributed by atoms with Crippen LogP contribution < -0.4 is 16.0 Å². The molecule has 0 fully saturated rings. The molecule has 1 aliphatic heterocycles. The molecule has 3 aromatic carbocycles. The molecule has 0 aliphatic carbocycles. The van der Waals surface area contributed by atoms with Crippen molar-refractivity contribution in [3.05, 3.63) is 89.5 Å². The fraction of sp³-hybridized carbons (Fsp3) is 0.125. The SMILES string of the molecule is Cc1cccc(NC(=O)c2ccccc2NC(=O)[C@H]2CC(=O)Nc3ccccc32)c1. The van der Waals surface area contributed by atoms with E-state index in [1.54, 1.807) is 30.3 Å². The maximum Gasteiger partial charge on any atom is 0.257 e. The summed E-state index contributed by atoms with van der Waals surface area (Å²) < 4.78 is 0. The second-order valence-electron chi connectivity index (χ2n) is 7.25. The average Bonchev–Trinajstić information content (AvgIpc) is 2.73. The Labute approximate surface area is 174 Å². The number of anilines is 3. The Kier molecular flexibility index (Phi) is 5.30. The molecule has 1 heterocycles. The van der Waals surface area contributed by atoms with Crippen LogP contribution in [0.1, 0.15) is 33.8 Å². The molecule has 4 rings (SSSR count). The Morgan fingerprint density at radius 3 is 2.53 bits per heavy atom. The molecule has 30 heavy (non-hydrogen) atoms. The van der Waals surface area contributed by atoms with Gasteiger partial charge >= 0.3 is 0 Å². The first-order chi connectivity index (χ1) is 14.5. The lowest BCUT2D eigenvalue weighted by molar-refractivity contribution is -0.123. The molecular weight excluding hydrogens is 378 g/mol. The number of rotatable bonds is 4. The van der Waals surface area contributed by atoms with E-state index in [0.29, 0.717) is 22.6 Å². The van der Waals surface area contributed by atoms with Crippen LogP contribution in [0.3, 0.4) is 0 Å². The van der Waals surface area contributed by atoms with Crippen LogP contribution in [0.2, 0.25) is 0 Å². The van der Waals surface area contributed by atoms with Crippen LogP contribution in [0.5, 0.6) is 0 Å². The lowest BCUT2D eigenvalue weighted by atomic mass is 9.89. The Morgan fingerprint density at radius 1 is 0.933 bits per heavy atom. The quantitative estimate of drug-likeness (QED) is 0.611. The highest BCUT2D eigenvalue weighted by Gasteiger charge is 2.31. The number of nitrogens with one attached hydrogen (secondary N) is 3. The zero-order valence-corrected chi connectivity index (χ0v) is 16.4. The van der Waals surface area contributed by atoms with Crippen molar-refractivity contribution in [2.45, 2.75) is 19.3 Å². The van der Waals surface area contributed by atoms with E-state index < -0.39 is 5.92 Å². The Morgan fingerprint density at radius 2 is 1.70 bits per heavy atom. The van der Waals surface area contributed by atoms with E-state index in [1.807, 2.05) is 49.4 Å². The first kappa shape index (κ1) is 19.4. The van der Waals surface area contributed by atoms with Crippen molar-refractivity contribution in [1.29, 1.82) is 0 Å². The summed E-state index contributed by atoms with van der Waals surface area (Å²) in [6.45, 7) is 1.95. The predicted molar refractivity (Wildman–Crippen MR) is 117 cm³/mol. The third kappa shape index (κ3) is 4.07. The van der Waals surface area contributed by atoms with Gasteiger partial charge in [0.25, 0.3) is 5.91 Å². The number of fused-ring (bicyclic) bond motifs is 1. The van der Waals surface area contributed by atoms with E-state index in [-0.39, 0.29) is 24.1 Å². The average molecular weight is 399 g/mol. The molecular formula is C24H21N3O3. The number of para-hydroxylation sites is 2. The van der Waals surface area contributed by atoms with Crippen LogP contribution in [-0.4, -0.2) is 17.7 Å². The highest BCUT2D eigenvalue weighted by Crippen LogP contribution is 2.33. The van der Waals surface area contributed by atoms with Crippen LogP contribution in [-0.2, 0) is 9.59 Å². The fourth-order valence-corrected chi connectivity index (χ4v) is 3.58. The van der Waals surface area contributed by atoms with Gasteiger partial charge in [0.1, 0.15) is 0 Å². The second kappa shape index (κ2) is 8.21. The smallest absolute Gasteiger partial charge is 0.257 e. The highest BCUT2D eigenvalue weighted by atomic mass is 16.2. The molecule has 0 aromatic heterocycles. The van der Waals surface area contributed by atoms with Gasteiger partial charge in [0.15, 0.2) is 0 Å². The van der Waals surface area contributed by atoms with Crippen LogP contribution in [0.25, 0.3) is 0 Å². The summed E-state index contributed by atoms with van der Waals surface area (Å²) in [7, 11) is 0. The van der Waals surface area contributed by atoms with Gasteiger partial charge in [0.05, 0.1) is 17.2 Å². The molecule has 3 aromatic rings. The molecule has 0 saturated carbocycles. The summed E-state index contributed by atoms with van der Waals surface area (Å²) in [5, 5.41) is 8.49. The molecule has 0 bridgehead atoms. The molecule has 6 nitrogen and oxygen atoms in total. The van der Waals surface area contributed by atoms with E-state index in [9.17, 15) is 14.4 Å². The van der Waals surface area contributed by atoms with Crippen molar-refractivity contribution in [2.75, 3.05) is 16.0 Å². The van der Waals surface area contributed by atoms with Crippen molar-refractivity contribution in [3.63, 3.8) is 0 Å². The largest absolute Gasteiger partial charge is 0.326 e. The number of benzene rings is 3. The molecule has 1 atom stereocenters. The first-order valence-electron chi connectivity index (χ1n) is 9.68. The number of hydrogen-bond acceptors (Lipinski definition) is 3. The molecule has 3 amide bonds. The van der Waals surface area contributed by atoms with Crippen molar-refractivity contribution in [2.24, 2.45) is 0 Å². The van der Waals surface area contributed by atoms with Crippen LogP contribution >= 0.6 is 0 Å². The van der Waals surface area contributed by atoms with Gasteiger partial charge in [0.2, 0.25) is 11.8 Å². The Bertz CT molecular complexity index is 1140. The number of carbonyl (C=O) groups is 3. The van der Waals surface area contributed by atoms with Crippen LogP contribution in [0.15, 0.2) is 72.8 Å². The number of carbonyl (C=O) groups excluding carboxylic acids is 3. The van der Waals surface area contributed by atoms with Crippen molar-refractivity contribution >= 4 is 34.8 Å². The summed E-state index contributed by atoms with van der Waals surface area (Å²) >= 11 is 0. The number of hydrogen-bond donors (Lipinski definition) is 3. The van der Waals surface area contributed by atoms with E-state index in [0.717, 1.165) is 11.1 Å². The van der Waals surface area contributed by atoms with Gasteiger partial charge < -0.3 is 16.0 Å². The van der Waals surface area contributed by atoms with Gasteiger partial charge in [0, 0.05) is 17.8 Å². The Balaban J connectivity index is 1.57. The van der Waals surface area contributed by atoms with Gasteiger partial charge in [-0.25, -0.2) is 0 Å². The third-order valence-electron chi connectivity index (χ3n) is 5.02. The van der Waals surface area contributed by atoms with E-state index in [1.165, 1.54) is 0 Å². The van der Waals surface area contributed by atoms with Crippen molar-refractivity contribution < 1.29 is 14.4 Å². The molecule has 1 aliphatic rings. The Hall–Kier alpha value is -3.93. The standard InChI is InChI=1S/C24H21N3O3/c1-15-7-6-8-16(13-15)25-23(29)18-10-3-5-12-21(18)27-24(30)19-14-22(28)26-20-11-4-2-9-17(19)20/h2-13,19H,14H2,1H3,(H,25,29)(H,26,28)(H,27,30)/t19-/m0/s1. The summed E-state index contributed by atoms with van der Waals surface area (Å²) in [5.74, 6) is -1.48. The molecule has 0 unspecified atom stereocenters. The highest BCUT2D eigenvalue weighted by molar-refractivity contribution is 6.11. The third-order valence-corrected chi connectivity index (χ3v) is 5.02. The number of amides is 3. The summed E-state index contributed by atoms with van der Waals surface area (Å²) in [5.41, 5.74) is 3.86. The molecule has 0 saturated heterocycles. The second-order valence-corrected chi connectivity index (χ2v) is 7.25.